The molecule has 0 unspecified atom stereocenters. The Bertz CT molecular complexity index is 569. The van der Waals surface area contributed by atoms with E-state index in [1.165, 1.54) is 43.2 Å². The summed E-state index contributed by atoms with van der Waals surface area (Å²) in [6.45, 7) is 4.64. The third-order valence-corrected chi connectivity index (χ3v) is 4.71. The molecule has 1 heterocycles. The maximum Gasteiger partial charge on any atom is 0.131 e. The number of para-hydroxylation sites is 2. The minimum Gasteiger partial charge on any atom is -0.457 e. The summed E-state index contributed by atoms with van der Waals surface area (Å²) in [7, 11) is 0. The van der Waals surface area contributed by atoms with Crippen LogP contribution in [-0.4, -0.2) is 0 Å². The lowest BCUT2D eigenvalue weighted by atomic mass is 9.71. The van der Waals surface area contributed by atoms with Gasteiger partial charge in [0.2, 0.25) is 0 Å². The van der Waals surface area contributed by atoms with Crippen LogP contribution in [0.2, 0.25) is 0 Å². The molecule has 1 aliphatic heterocycles. The molecular weight excluding hydrogens is 256 g/mol. The molecule has 0 N–H and O–H groups in total. The molecule has 3 rings (SSSR count). The van der Waals surface area contributed by atoms with E-state index in [0.717, 1.165) is 11.5 Å². The summed E-state index contributed by atoms with van der Waals surface area (Å²) in [5.74, 6) is 2.04. The van der Waals surface area contributed by atoms with E-state index in [-0.39, 0.29) is 5.41 Å². The van der Waals surface area contributed by atoms with Crippen LogP contribution in [0.4, 0.5) is 0 Å². The van der Waals surface area contributed by atoms with Gasteiger partial charge in [0.25, 0.3) is 0 Å². The minimum absolute atomic E-state index is 0.0686. The standard InChI is InChI=1S/C20H24O/c1-3-4-5-10-15-20(2)16-11-6-8-13-18(16)21-19-14-9-7-12-17(19)20/h6-9,11-14H,3-5,10,15H2,1-2H3. The second-order valence-corrected chi connectivity index (χ2v) is 6.24. The quantitative estimate of drug-likeness (QED) is 0.604. The highest BCUT2D eigenvalue weighted by atomic mass is 16.5. The molecule has 0 radical (unpaired) electrons. The van der Waals surface area contributed by atoms with Crippen LogP contribution in [-0.2, 0) is 5.41 Å². The van der Waals surface area contributed by atoms with Crippen molar-refractivity contribution in [3.8, 4) is 11.5 Å². The second kappa shape index (κ2) is 5.93. The van der Waals surface area contributed by atoms with Crippen molar-refractivity contribution in [2.75, 3.05) is 0 Å². The number of fused-ring (bicyclic) bond motifs is 2. The highest BCUT2D eigenvalue weighted by molar-refractivity contribution is 5.56. The third kappa shape index (κ3) is 2.57. The Morgan fingerprint density at radius 3 is 1.95 bits per heavy atom. The molecule has 0 saturated carbocycles. The Labute approximate surface area is 128 Å². The second-order valence-electron chi connectivity index (χ2n) is 6.24. The molecule has 1 nitrogen and oxygen atoms in total. The Kier molecular flexibility index (Phi) is 4.01. The minimum atomic E-state index is 0.0686. The Morgan fingerprint density at radius 1 is 0.810 bits per heavy atom. The molecule has 1 aliphatic rings. The Balaban J connectivity index is 1.97. The predicted octanol–water partition coefficient (Wildman–Crippen LogP) is 6.07. The molecule has 0 amide bonds. The van der Waals surface area contributed by atoms with Crippen molar-refractivity contribution < 1.29 is 4.74 Å². The monoisotopic (exact) mass is 280 g/mol. The first kappa shape index (κ1) is 14.2. The van der Waals surface area contributed by atoms with Crippen LogP contribution in [0.15, 0.2) is 48.5 Å². The largest absolute Gasteiger partial charge is 0.457 e. The third-order valence-electron chi connectivity index (χ3n) is 4.71. The molecule has 2 aromatic rings. The van der Waals surface area contributed by atoms with E-state index in [1.807, 2.05) is 0 Å². The van der Waals surface area contributed by atoms with Crippen molar-refractivity contribution in [2.24, 2.45) is 0 Å². The lowest BCUT2D eigenvalue weighted by Crippen LogP contribution is -2.28. The van der Waals surface area contributed by atoms with Gasteiger partial charge in [-0.25, -0.2) is 0 Å². The maximum absolute atomic E-state index is 6.10. The van der Waals surface area contributed by atoms with Crippen LogP contribution in [0.3, 0.4) is 0 Å². The number of benzene rings is 2. The van der Waals surface area contributed by atoms with Crippen LogP contribution in [0.25, 0.3) is 0 Å². The van der Waals surface area contributed by atoms with E-state index >= 15 is 0 Å². The van der Waals surface area contributed by atoms with E-state index in [9.17, 15) is 0 Å². The fourth-order valence-electron chi connectivity index (χ4n) is 3.46. The van der Waals surface area contributed by atoms with E-state index in [1.54, 1.807) is 0 Å². The number of hydrogen-bond donors (Lipinski definition) is 0. The zero-order valence-electron chi connectivity index (χ0n) is 13.1. The fraction of sp³-hybridized carbons (Fsp3) is 0.400. The van der Waals surface area contributed by atoms with Crippen LogP contribution < -0.4 is 4.74 Å². The first-order valence-electron chi connectivity index (χ1n) is 8.12. The van der Waals surface area contributed by atoms with Crippen molar-refractivity contribution in [3.05, 3.63) is 59.7 Å². The van der Waals surface area contributed by atoms with E-state index in [2.05, 4.69) is 62.4 Å². The van der Waals surface area contributed by atoms with Gasteiger partial charge in [-0.1, -0.05) is 75.9 Å². The Hall–Kier alpha value is -1.76. The summed E-state index contributed by atoms with van der Waals surface area (Å²) < 4.78 is 6.10. The summed E-state index contributed by atoms with van der Waals surface area (Å²) in [6.07, 6.45) is 6.39. The summed E-state index contributed by atoms with van der Waals surface area (Å²) in [5, 5.41) is 0. The number of ether oxygens (including phenoxy) is 1. The molecule has 0 bridgehead atoms. The molecule has 21 heavy (non-hydrogen) atoms. The van der Waals surface area contributed by atoms with Gasteiger partial charge in [-0.15, -0.1) is 0 Å². The highest BCUT2D eigenvalue weighted by Gasteiger charge is 2.37. The van der Waals surface area contributed by atoms with Gasteiger partial charge in [0.15, 0.2) is 0 Å². The number of unbranched alkanes of at least 4 members (excludes halogenated alkanes) is 3. The number of rotatable bonds is 5. The van der Waals surface area contributed by atoms with Crippen molar-refractivity contribution >= 4 is 0 Å². The van der Waals surface area contributed by atoms with Gasteiger partial charge in [-0.05, 0) is 18.6 Å². The highest BCUT2D eigenvalue weighted by Crippen LogP contribution is 2.50. The topological polar surface area (TPSA) is 9.23 Å². The van der Waals surface area contributed by atoms with Crippen molar-refractivity contribution in [2.45, 2.75) is 51.4 Å². The lowest BCUT2D eigenvalue weighted by Gasteiger charge is -2.37. The fourth-order valence-corrected chi connectivity index (χ4v) is 3.46. The molecule has 2 aromatic carbocycles. The predicted molar refractivity (Wildman–Crippen MR) is 88.2 cm³/mol. The van der Waals surface area contributed by atoms with Gasteiger partial charge >= 0.3 is 0 Å². The van der Waals surface area contributed by atoms with Crippen LogP contribution >= 0.6 is 0 Å². The first-order valence-corrected chi connectivity index (χ1v) is 8.12. The van der Waals surface area contributed by atoms with Gasteiger partial charge < -0.3 is 4.74 Å². The average Bonchev–Trinajstić information content (AvgIpc) is 2.52. The first-order chi connectivity index (χ1) is 10.3. The van der Waals surface area contributed by atoms with Crippen LogP contribution in [0.5, 0.6) is 11.5 Å². The van der Waals surface area contributed by atoms with Crippen LogP contribution in [0, 0.1) is 0 Å². The molecule has 0 spiro atoms. The van der Waals surface area contributed by atoms with Crippen molar-refractivity contribution in [1.82, 2.24) is 0 Å². The summed E-state index contributed by atoms with van der Waals surface area (Å²) in [4.78, 5) is 0. The van der Waals surface area contributed by atoms with Crippen LogP contribution in [0.1, 0.15) is 57.1 Å². The normalized spacial score (nSPS) is 15.0. The smallest absolute Gasteiger partial charge is 0.131 e. The van der Waals surface area contributed by atoms with E-state index in [0.29, 0.717) is 0 Å². The molecule has 0 saturated heterocycles. The summed E-state index contributed by atoms with van der Waals surface area (Å²) in [6, 6.07) is 17.0. The van der Waals surface area contributed by atoms with Crippen molar-refractivity contribution in [1.29, 1.82) is 0 Å². The molecule has 1 heteroatoms. The molecule has 0 aromatic heterocycles. The molecule has 110 valence electrons. The van der Waals surface area contributed by atoms with E-state index in [4.69, 9.17) is 4.74 Å². The van der Waals surface area contributed by atoms with E-state index < -0.39 is 0 Å². The Morgan fingerprint density at radius 2 is 1.38 bits per heavy atom. The zero-order valence-corrected chi connectivity index (χ0v) is 13.1. The van der Waals surface area contributed by atoms with Gasteiger partial charge in [-0.2, -0.15) is 0 Å². The zero-order chi connectivity index (χ0) is 14.7. The molecular formula is C20H24O. The average molecular weight is 280 g/mol. The summed E-state index contributed by atoms with van der Waals surface area (Å²) >= 11 is 0. The summed E-state index contributed by atoms with van der Waals surface area (Å²) in [5.41, 5.74) is 2.74. The SMILES string of the molecule is CCCCCCC1(C)c2ccccc2Oc2ccccc21. The van der Waals surface area contributed by atoms with Gasteiger partial charge in [0, 0.05) is 16.5 Å². The number of hydrogen-bond acceptors (Lipinski definition) is 1. The lowest BCUT2D eigenvalue weighted by molar-refractivity contribution is 0.382. The maximum atomic E-state index is 6.10. The van der Waals surface area contributed by atoms with Gasteiger partial charge in [0.05, 0.1) is 0 Å². The molecule has 0 fully saturated rings. The van der Waals surface area contributed by atoms with Gasteiger partial charge in [-0.3, -0.25) is 0 Å². The molecule has 0 aliphatic carbocycles. The van der Waals surface area contributed by atoms with Gasteiger partial charge in [0.1, 0.15) is 11.5 Å². The molecule has 0 atom stereocenters. The van der Waals surface area contributed by atoms with Crippen molar-refractivity contribution in [3.63, 3.8) is 0 Å².